The summed E-state index contributed by atoms with van der Waals surface area (Å²) in [5.74, 6) is -0.415. The van der Waals surface area contributed by atoms with Crippen LogP contribution in [-0.2, 0) is 17.1 Å². The molecule has 0 heterocycles. The Bertz CT molecular complexity index is 435. The first-order chi connectivity index (χ1) is 8.35. The Balaban J connectivity index is 3.04. The van der Waals surface area contributed by atoms with Gasteiger partial charge < -0.3 is 0 Å². The third-order valence-corrected chi connectivity index (χ3v) is 3.49. The number of Topliss-reactive ketones (excluding diaryl/α,β-unsaturated/α-hetero) is 1. The highest BCUT2D eigenvalue weighted by atomic mass is 35.5. The fourth-order valence-corrected chi connectivity index (χ4v) is 2.30. The predicted molar refractivity (Wildman–Crippen MR) is 67.3 cm³/mol. The molecule has 100 valence electrons. The molecule has 0 unspecified atom stereocenters. The fourth-order valence-electron chi connectivity index (χ4n) is 1.31. The number of hydrogen-bond acceptors (Lipinski definition) is 2. The van der Waals surface area contributed by atoms with Crippen molar-refractivity contribution in [2.45, 2.75) is 22.7 Å². The molecule has 0 aliphatic heterocycles. The summed E-state index contributed by atoms with van der Waals surface area (Å²) in [5, 5.41) is 0. The molecule has 0 atom stereocenters. The van der Waals surface area contributed by atoms with Gasteiger partial charge in [0.15, 0.2) is 5.78 Å². The second-order valence-corrected chi connectivity index (χ2v) is 5.11. The zero-order valence-corrected chi connectivity index (χ0v) is 11.4. The summed E-state index contributed by atoms with van der Waals surface area (Å²) in [6.45, 7) is 0. The summed E-state index contributed by atoms with van der Waals surface area (Å²) in [5.41, 5.74) is -3.51. The van der Waals surface area contributed by atoms with Crippen LogP contribution in [0.3, 0.4) is 0 Å². The largest absolute Gasteiger partial charge is 0.446 e. The van der Waals surface area contributed by atoms with Gasteiger partial charge >= 0.3 is 5.51 Å². The maximum atomic E-state index is 12.4. The summed E-state index contributed by atoms with van der Waals surface area (Å²) in [6.07, 6.45) is -0.107. The zero-order valence-electron chi connectivity index (χ0n) is 9.06. The van der Waals surface area contributed by atoms with Gasteiger partial charge in [-0.05, 0) is 29.0 Å². The number of carbonyl (C=O) groups excluding carboxylic acids is 1. The van der Waals surface area contributed by atoms with Crippen LogP contribution in [0, 0.1) is 0 Å². The molecule has 0 saturated heterocycles. The Labute approximate surface area is 117 Å². The molecule has 1 aromatic rings. The molecule has 1 rings (SSSR count). The van der Waals surface area contributed by atoms with Crippen molar-refractivity contribution in [3.05, 3.63) is 29.3 Å². The number of hydrogen-bond donors (Lipinski definition) is 0. The van der Waals surface area contributed by atoms with E-state index in [1.165, 1.54) is 12.1 Å². The van der Waals surface area contributed by atoms with E-state index in [2.05, 4.69) is 0 Å². The van der Waals surface area contributed by atoms with Crippen molar-refractivity contribution in [3.8, 4) is 0 Å². The Morgan fingerprint density at radius 3 is 2.44 bits per heavy atom. The summed E-state index contributed by atoms with van der Waals surface area (Å²) in [6, 6.07) is 4.43. The zero-order chi connectivity index (χ0) is 13.8. The average molecular weight is 317 g/mol. The van der Waals surface area contributed by atoms with E-state index >= 15 is 0 Å². The lowest BCUT2D eigenvalue weighted by Gasteiger charge is -2.11. The smallest absolute Gasteiger partial charge is 0.298 e. The van der Waals surface area contributed by atoms with Crippen molar-refractivity contribution >= 4 is 40.7 Å². The van der Waals surface area contributed by atoms with Crippen LogP contribution in [0.25, 0.3) is 0 Å². The minimum Gasteiger partial charge on any atom is -0.298 e. The Kier molecular flexibility index (Phi) is 5.82. The summed E-state index contributed by atoms with van der Waals surface area (Å²) < 4.78 is 37.2. The number of halogens is 5. The molecule has 0 saturated carbocycles. The van der Waals surface area contributed by atoms with E-state index in [-0.39, 0.29) is 40.6 Å². The molecule has 1 nitrogen and oxygen atoms in total. The van der Waals surface area contributed by atoms with Crippen LogP contribution < -0.4 is 0 Å². The van der Waals surface area contributed by atoms with Gasteiger partial charge in [0, 0.05) is 17.2 Å². The molecule has 18 heavy (non-hydrogen) atoms. The van der Waals surface area contributed by atoms with Gasteiger partial charge in [-0.2, -0.15) is 13.2 Å². The third-order valence-electron chi connectivity index (χ3n) is 2.05. The molecule has 0 aromatic heterocycles. The van der Waals surface area contributed by atoms with Crippen molar-refractivity contribution in [1.82, 2.24) is 0 Å². The number of alkyl halides is 5. The van der Waals surface area contributed by atoms with Gasteiger partial charge in [0.2, 0.25) is 0 Å². The molecular weight excluding hydrogens is 308 g/mol. The van der Waals surface area contributed by atoms with E-state index < -0.39 is 5.51 Å². The molecule has 0 spiro atoms. The van der Waals surface area contributed by atoms with Crippen LogP contribution in [0.1, 0.15) is 11.1 Å². The van der Waals surface area contributed by atoms with Crippen LogP contribution in [0.4, 0.5) is 13.2 Å². The van der Waals surface area contributed by atoms with Gasteiger partial charge in [0.05, 0.1) is 5.88 Å². The molecule has 0 fully saturated rings. The standard InChI is InChI=1S/C11H9Cl2F3OS/c12-5-7-1-2-8(4-9(17)6-13)10(3-7)18-11(14,15)16/h1-3H,4-6H2. The van der Waals surface area contributed by atoms with Crippen molar-refractivity contribution < 1.29 is 18.0 Å². The SMILES string of the molecule is O=C(CCl)Cc1ccc(CCl)cc1SC(F)(F)F. The molecule has 0 amide bonds. The first-order valence-corrected chi connectivity index (χ1v) is 6.75. The van der Waals surface area contributed by atoms with Crippen molar-refractivity contribution in [3.63, 3.8) is 0 Å². The van der Waals surface area contributed by atoms with Crippen molar-refractivity contribution in [2.75, 3.05) is 5.88 Å². The molecule has 0 N–H and O–H groups in total. The molecule has 7 heteroatoms. The highest BCUT2D eigenvalue weighted by Gasteiger charge is 2.30. The monoisotopic (exact) mass is 316 g/mol. The lowest BCUT2D eigenvalue weighted by Crippen LogP contribution is -2.07. The van der Waals surface area contributed by atoms with Crippen molar-refractivity contribution in [2.24, 2.45) is 0 Å². The van der Waals surface area contributed by atoms with Gasteiger partial charge in [-0.15, -0.1) is 23.2 Å². The Hall–Kier alpha value is -0.390. The highest BCUT2D eigenvalue weighted by molar-refractivity contribution is 8.00. The lowest BCUT2D eigenvalue weighted by atomic mass is 10.1. The number of ketones is 1. The van der Waals surface area contributed by atoms with Crippen molar-refractivity contribution in [1.29, 1.82) is 0 Å². The molecule has 1 aromatic carbocycles. The first-order valence-electron chi connectivity index (χ1n) is 4.87. The van der Waals surface area contributed by atoms with Crippen LogP contribution in [0.2, 0.25) is 0 Å². The normalized spacial score (nSPS) is 11.6. The first kappa shape index (κ1) is 15.7. The lowest BCUT2D eigenvalue weighted by molar-refractivity contribution is -0.116. The molecular formula is C11H9Cl2F3OS. The maximum Gasteiger partial charge on any atom is 0.446 e. The quantitative estimate of drug-likeness (QED) is 0.592. The topological polar surface area (TPSA) is 17.1 Å². The number of carbonyl (C=O) groups is 1. The van der Waals surface area contributed by atoms with Gasteiger partial charge in [-0.3, -0.25) is 4.79 Å². The third kappa shape index (κ3) is 5.08. The Morgan fingerprint density at radius 1 is 1.28 bits per heavy atom. The number of benzene rings is 1. The van der Waals surface area contributed by atoms with Crippen LogP contribution >= 0.6 is 35.0 Å². The highest BCUT2D eigenvalue weighted by Crippen LogP contribution is 2.39. The molecule has 0 aliphatic carbocycles. The van der Waals surface area contributed by atoms with Crippen LogP contribution in [0.5, 0.6) is 0 Å². The fraction of sp³-hybridized carbons (Fsp3) is 0.364. The van der Waals surface area contributed by atoms with E-state index in [0.717, 1.165) is 0 Å². The second-order valence-electron chi connectivity index (χ2n) is 3.47. The maximum absolute atomic E-state index is 12.4. The van der Waals surface area contributed by atoms with E-state index in [9.17, 15) is 18.0 Å². The minimum absolute atomic E-state index is 0.000818. The Morgan fingerprint density at radius 2 is 1.94 bits per heavy atom. The van der Waals surface area contributed by atoms with Gasteiger partial charge in [0.1, 0.15) is 0 Å². The van der Waals surface area contributed by atoms with E-state index in [1.54, 1.807) is 6.07 Å². The van der Waals surface area contributed by atoms with Gasteiger partial charge in [-0.1, -0.05) is 12.1 Å². The summed E-state index contributed by atoms with van der Waals surface area (Å²) in [7, 11) is 0. The average Bonchev–Trinajstić information content (AvgIpc) is 2.29. The molecule has 0 aliphatic rings. The molecule has 0 radical (unpaired) electrons. The van der Waals surface area contributed by atoms with E-state index in [0.29, 0.717) is 11.1 Å². The summed E-state index contributed by atoms with van der Waals surface area (Å²) >= 11 is 10.7. The van der Waals surface area contributed by atoms with Crippen LogP contribution in [-0.4, -0.2) is 17.2 Å². The second kappa shape index (κ2) is 6.68. The van der Waals surface area contributed by atoms with Crippen LogP contribution in [0.15, 0.2) is 23.1 Å². The minimum atomic E-state index is -4.40. The molecule has 0 bridgehead atoms. The summed E-state index contributed by atoms with van der Waals surface area (Å²) in [4.78, 5) is 11.2. The number of thioether (sulfide) groups is 1. The van der Waals surface area contributed by atoms with E-state index in [4.69, 9.17) is 23.2 Å². The van der Waals surface area contributed by atoms with Gasteiger partial charge in [-0.25, -0.2) is 0 Å². The van der Waals surface area contributed by atoms with Gasteiger partial charge in [0.25, 0.3) is 0 Å². The number of rotatable bonds is 5. The predicted octanol–water partition coefficient (Wildman–Crippen LogP) is 4.39. The van der Waals surface area contributed by atoms with E-state index in [1.807, 2.05) is 0 Å².